The molecule has 2 N–H and O–H groups in total. The molecule has 0 aliphatic heterocycles. The molecule has 0 saturated carbocycles. The lowest BCUT2D eigenvalue weighted by atomic mass is 9.57. The van der Waals surface area contributed by atoms with Crippen LogP contribution in [0.4, 0.5) is 4.39 Å². The molecule has 3 aromatic rings. The maximum absolute atomic E-state index is 13.7. The molecule has 1 aliphatic carbocycles. The van der Waals surface area contributed by atoms with Gasteiger partial charge in [-0.2, -0.15) is 0 Å². The minimum Gasteiger partial charge on any atom is -0.507 e. The summed E-state index contributed by atoms with van der Waals surface area (Å²) in [6, 6.07) is 11.9. The number of rotatable bonds is 4. The number of hydrogen-bond donors (Lipinski definition) is 2. The third-order valence-corrected chi connectivity index (χ3v) is 7.44. The van der Waals surface area contributed by atoms with Crippen LogP contribution in [0, 0.1) is 17.7 Å². The topological polar surface area (TPSA) is 62.5 Å². The highest BCUT2D eigenvalue weighted by molar-refractivity contribution is 5.94. The molecule has 0 radical (unpaired) electrons. The zero-order chi connectivity index (χ0) is 22.7. The van der Waals surface area contributed by atoms with Gasteiger partial charge in [0, 0.05) is 22.2 Å². The standard InChI is InChI=1S/C26H30FNO3/c1-15(24(30)31)13-26(5)14-16(2)25(3,4)23-22(26)21-19(7-6-8-20(21)29)28(23)18-11-9-17(27)10-12-18/h6-12,15-16,29H,13-14H2,1-5H3,(H,30,31). The molecular weight excluding hydrogens is 393 g/mol. The fraction of sp³-hybridized carbons (Fsp3) is 0.423. The van der Waals surface area contributed by atoms with Crippen LogP contribution in [0.2, 0.25) is 0 Å². The number of fused-ring (bicyclic) bond motifs is 3. The lowest BCUT2D eigenvalue weighted by Crippen LogP contribution is -2.43. The Labute approximate surface area is 182 Å². The van der Waals surface area contributed by atoms with Crippen LogP contribution < -0.4 is 0 Å². The third-order valence-electron chi connectivity index (χ3n) is 7.44. The van der Waals surface area contributed by atoms with E-state index >= 15 is 0 Å². The number of aromatic nitrogens is 1. The quantitative estimate of drug-likeness (QED) is 0.528. The second-order valence-electron chi connectivity index (χ2n) is 10.0. The average molecular weight is 424 g/mol. The van der Waals surface area contributed by atoms with E-state index in [0.29, 0.717) is 6.42 Å². The van der Waals surface area contributed by atoms with Crippen LogP contribution in [0.3, 0.4) is 0 Å². The Hall–Kier alpha value is -2.82. The molecule has 4 rings (SSSR count). The highest BCUT2D eigenvalue weighted by Crippen LogP contribution is 2.56. The SMILES string of the molecule is CC(CC1(C)CC(C)C(C)(C)c2c1c1c(O)cccc1n2-c1ccc(F)cc1)C(=O)O. The van der Waals surface area contributed by atoms with E-state index in [1.165, 1.54) is 12.1 Å². The Bertz CT molecular complexity index is 1160. The van der Waals surface area contributed by atoms with Gasteiger partial charge >= 0.3 is 5.97 Å². The van der Waals surface area contributed by atoms with Gasteiger partial charge in [0.1, 0.15) is 11.6 Å². The van der Waals surface area contributed by atoms with Gasteiger partial charge in [-0.1, -0.05) is 40.7 Å². The smallest absolute Gasteiger partial charge is 0.306 e. The Morgan fingerprint density at radius 2 is 1.84 bits per heavy atom. The third kappa shape index (κ3) is 3.22. The normalized spacial score (nSPS) is 23.5. The fourth-order valence-corrected chi connectivity index (χ4v) is 5.59. The molecule has 1 heterocycles. The largest absolute Gasteiger partial charge is 0.507 e. The summed E-state index contributed by atoms with van der Waals surface area (Å²) in [6.45, 7) is 10.5. The molecule has 3 unspecified atom stereocenters. The molecule has 0 spiro atoms. The van der Waals surface area contributed by atoms with Crippen molar-refractivity contribution in [2.24, 2.45) is 11.8 Å². The maximum Gasteiger partial charge on any atom is 0.306 e. The number of phenolic OH excluding ortho intramolecular Hbond substituents is 1. The van der Waals surface area contributed by atoms with Gasteiger partial charge in [-0.3, -0.25) is 4.79 Å². The molecule has 0 bridgehead atoms. The van der Waals surface area contributed by atoms with Gasteiger partial charge in [0.2, 0.25) is 0 Å². The van der Waals surface area contributed by atoms with E-state index in [-0.39, 0.29) is 22.9 Å². The van der Waals surface area contributed by atoms with Crippen molar-refractivity contribution in [3.05, 3.63) is 59.5 Å². The van der Waals surface area contributed by atoms with E-state index in [4.69, 9.17) is 0 Å². The number of nitrogens with zero attached hydrogens (tertiary/aromatic N) is 1. The van der Waals surface area contributed by atoms with Crippen molar-refractivity contribution in [1.29, 1.82) is 0 Å². The number of aromatic hydroxyl groups is 1. The lowest BCUT2D eigenvalue weighted by molar-refractivity contribution is -0.141. The molecule has 164 valence electrons. The fourth-order valence-electron chi connectivity index (χ4n) is 5.59. The molecule has 5 heteroatoms. The lowest BCUT2D eigenvalue weighted by Gasteiger charge is -2.47. The van der Waals surface area contributed by atoms with E-state index in [0.717, 1.165) is 34.3 Å². The zero-order valence-corrected chi connectivity index (χ0v) is 18.7. The van der Waals surface area contributed by atoms with Crippen LogP contribution in [-0.4, -0.2) is 20.7 Å². The van der Waals surface area contributed by atoms with E-state index in [2.05, 4.69) is 32.3 Å². The second kappa shape index (κ2) is 7.11. The Balaban J connectivity index is 2.13. The van der Waals surface area contributed by atoms with E-state index in [1.807, 2.05) is 12.1 Å². The molecule has 4 nitrogen and oxygen atoms in total. The summed E-state index contributed by atoms with van der Waals surface area (Å²) in [5.41, 5.74) is 3.10. The first-order chi connectivity index (χ1) is 14.5. The van der Waals surface area contributed by atoms with Gasteiger partial charge < -0.3 is 14.8 Å². The molecule has 0 fully saturated rings. The van der Waals surface area contributed by atoms with Gasteiger partial charge in [0.15, 0.2) is 0 Å². The van der Waals surface area contributed by atoms with Crippen LogP contribution >= 0.6 is 0 Å². The Kier molecular flexibility index (Phi) is 4.91. The monoisotopic (exact) mass is 423 g/mol. The van der Waals surface area contributed by atoms with Gasteiger partial charge in [-0.05, 0) is 66.1 Å². The van der Waals surface area contributed by atoms with E-state index in [9.17, 15) is 19.4 Å². The number of benzene rings is 2. The van der Waals surface area contributed by atoms with Gasteiger partial charge in [0.25, 0.3) is 0 Å². The molecule has 1 aromatic heterocycles. The first-order valence-electron chi connectivity index (χ1n) is 10.8. The molecule has 3 atom stereocenters. The number of halogens is 1. The number of carboxylic acids is 1. The van der Waals surface area contributed by atoms with Crippen molar-refractivity contribution >= 4 is 16.9 Å². The van der Waals surface area contributed by atoms with Crippen molar-refractivity contribution in [2.75, 3.05) is 0 Å². The second-order valence-corrected chi connectivity index (χ2v) is 10.0. The van der Waals surface area contributed by atoms with E-state index in [1.54, 1.807) is 25.1 Å². The predicted molar refractivity (Wildman–Crippen MR) is 120 cm³/mol. The summed E-state index contributed by atoms with van der Waals surface area (Å²) < 4.78 is 15.8. The number of carbonyl (C=O) groups is 1. The van der Waals surface area contributed by atoms with Crippen molar-refractivity contribution in [3.63, 3.8) is 0 Å². The van der Waals surface area contributed by atoms with Crippen molar-refractivity contribution in [2.45, 2.75) is 58.3 Å². The van der Waals surface area contributed by atoms with Crippen LogP contribution in [0.25, 0.3) is 16.6 Å². The number of aliphatic carboxylic acids is 1. The summed E-state index contributed by atoms with van der Waals surface area (Å²) in [5, 5.41) is 21.3. The number of phenols is 1. The summed E-state index contributed by atoms with van der Waals surface area (Å²) in [5.74, 6) is -1.16. The van der Waals surface area contributed by atoms with Crippen LogP contribution in [-0.2, 0) is 15.6 Å². The average Bonchev–Trinajstić information content (AvgIpc) is 3.06. The Morgan fingerprint density at radius 1 is 1.19 bits per heavy atom. The highest BCUT2D eigenvalue weighted by Gasteiger charge is 2.49. The van der Waals surface area contributed by atoms with Crippen LogP contribution in [0.1, 0.15) is 58.7 Å². The Morgan fingerprint density at radius 3 is 2.45 bits per heavy atom. The number of hydrogen-bond acceptors (Lipinski definition) is 2. The first-order valence-corrected chi connectivity index (χ1v) is 10.8. The highest BCUT2D eigenvalue weighted by atomic mass is 19.1. The summed E-state index contributed by atoms with van der Waals surface area (Å²) >= 11 is 0. The minimum atomic E-state index is -0.813. The van der Waals surface area contributed by atoms with Gasteiger partial charge in [-0.25, -0.2) is 4.39 Å². The molecule has 0 saturated heterocycles. The predicted octanol–water partition coefficient (Wildman–Crippen LogP) is 6.16. The zero-order valence-electron chi connectivity index (χ0n) is 18.7. The van der Waals surface area contributed by atoms with Crippen LogP contribution in [0.15, 0.2) is 42.5 Å². The van der Waals surface area contributed by atoms with Crippen molar-refractivity contribution < 1.29 is 19.4 Å². The van der Waals surface area contributed by atoms with Gasteiger partial charge in [-0.15, -0.1) is 0 Å². The minimum absolute atomic E-state index is 0.189. The molecule has 31 heavy (non-hydrogen) atoms. The van der Waals surface area contributed by atoms with E-state index < -0.39 is 17.3 Å². The molecule has 1 aliphatic rings. The molecule has 2 aromatic carbocycles. The van der Waals surface area contributed by atoms with Crippen molar-refractivity contribution in [3.8, 4) is 11.4 Å². The molecule has 0 amide bonds. The summed E-state index contributed by atoms with van der Waals surface area (Å²) in [4.78, 5) is 11.7. The number of carboxylic acid groups (broad SMARTS) is 1. The summed E-state index contributed by atoms with van der Waals surface area (Å²) in [6.07, 6.45) is 1.30. The van der Waals surface area contributed by atoms with Crippen molar-refractivity contribution in [1.82, 2.24) is 4.57 Å². The summed E-state index contributed by atoms with van der Waals surface area (Å²) in [7, 11) is 0. The van der Waals surface area contributed by atoms with Gasteiger partial charge in [0.05, 0.1) is 11.4 Å². The molecular formula is C26H30FNO3. The van der Waals surface area contributed by atoms with Crippen LogP contribution in [0.5, 0.6) is 5.75 Å². The maximum atomic E-state index is 13.7. The first kappa shape index (κ1) is 21.4.